The number of ether oxygens (including phenoxy) is 1. The Balaban J connectivity index is 1.71. The lowest BCUT2D eigenvalue weighted by molar-refractivity contribution is 0.0359. The van der Waals surface area contributed by atoms with Crippen molar-refractivity contribution in [1.82, 2.24) is 0 Å². The largest absolute Gasteiger partial charge is 0.389 e. The lowest BCUT2D eigenvalue weighted by Crippen LogP contribution is -2.25. The molecule has 0 aliphatic rings. The topological polar surface area (TPSA) is 41.5 Å². The van der Waals surface area contributed by atoms with Crippen molar-refractivity contribution in [2.24, 2.45) is 0 Å². The third kappa shape index (κ3) is 4.59. The predicted octanol–water partition coefficient (Wildman–Crippen LogP) is 3.19. The normalized spacial score (nSPS) is 12.3. The number of thiophene rings is 1. The summed E-state index contributed by atoms with van der Waals surface area (Å²) in [6.45, 7) is 2.98. The zero-order chi connectivity index (χ0) is 14.4. The van der Waals surface area contributed by atoms with E-state index in [1.54, 1.807) is 17.4 Å². The number of hydrogen-bond donors (Lipinski definition) is 2. The maximum absolute atomic E-state index is 13.1. The summed E-state index contributed by atoms with van der Waals surface area (Å²) in [5.74, 6) is -0.290. The summed E-state index contributed by atoms with van der Waals surface area (Å²) < 4.78 is 18.5. The molecule has 0 saturated carbocycles. The van der Waals surface area contributed by atoms with Gasteiger partial charge in [-0.3, -0.25) is 0 Å². The number of halogens is 1. The molecule has 0 radical (unpaired) electrons. The van der Waals surface area contributed by atoms with Crippen molar-refractivity contribution in [3.63, 3.8) is 0 Å². The number of benzene rings is 1. The summed E-state index contributed by atoms with van der Waals surface area (Å²) in [5, 5.41) is 14.8. The number of aliphatic hydroxyl groups is 1. The number of aliphatic hydroxyl groups excluding tert-OH is 1. The van der Waals surface area contributed by atoms with Crippen molar-refractivity contribution >= 4 is 17.0 Å². The Labute approximate surface area is 122 Å². The molecule has 0 bridgehead atoms. The van der Waals surface area contributed by atoms with Crippen LogP contribution < -0.4 is 5.32 Å². The van der Waals surface area contributed by atoms with Crippen molar-refractivity contribution in [3.8, 4) is 0 Å². The molecule has 1 heterocycles. The van der Waals surface area contributed by atoms with Crippen LogP contribution in [0.3, 0.4) is 0 Å². The van der Waals surface area contributed by atoms with Gasteiger partial charge in [0.15, 0.2) is 0 Å². The van der Waals surface area contributed by atoms with E-state index in [0.717, 1.165) is 10.4 Å². The highest BCUT2D eigenvalue weighted by Crippen LogP contribution is 2.16. The zero-order valence-electron chi connectivity index (χ0n) is 11.3. The molecule has 5 heteroatoms. The summed E-state index contributed by atoms with van der Waals surface area (Å²) in [5.41, 5.74) is 1.64. The molecular weight excluding hydrogens is 277 g/mol. The second kappa shape index (κ2) is 7.38. The maximum Gasteiger partial charge on any atom is 0.125 e. The average Bonchev–Trinajstić information content (AvgIpc) is 2.93. The van der Waals surface area contributed by atoms with Crippen molar-refractivity contribution in [2.45, 2.75) is 19.6 Å². The molecule has 20 heavy (non-hydrogen) atoms. The van der Waals surface area contributed by atoms with Gasteiger partial charge in [-0.25, -0.2) is 4.39 Å². The Hall–Kier alpha value is -1.43. The van der Waals surface area contributed by atoms with Crippen LogP contribution in [0.15, 0.2) is 35.7 Å². The summed E-state index contributed by atoms with van der Waals surface area (Å²) >= 11 is 1.62. The van der Waals surface area contributed by atoms with E-state index in [2.05, 4.69) is 5.32 Å². The van der Waals surface area contributed by atoms with Gasteiger partial charge in [0.1, 0.15) is 5.82 Å². The highest BCUT2D eigenvalue weighted by molar-refractivity contribution is 7.09. The van der Waals surface area contributed by atoms with Crippen LogP contribution in [-0.4, -0.2) is 24.4 Å². The molecule has 0 spiro atoms. The summed E-state index contributed by atoms with van der Waals surface area (Å²) in [6, 6.07) is 8.51. The predicted molar refractivity (Wildman–Crippen MR) is 79.6 cm³/mol. The van der Waals surface area contributed by atoms with Crippen LogP contribution in [-0.2, 0) is 11.3 Å². The first-order chi connectivity index (χ1) is 9.65. The molecule has 0 fully saturated rings. The lowest BCUT2D eigenvalue weighted by Gasteiger charge is -2.14. The van der Waals surface area contributed by atoms with E-state index < -0.39 is 6.10 Å². The van der Waals surface area contributed by atoms with Crippen LogP contribution in [0.1, 0.15) is 10.4 Å². The molecule has 0 aliphatic carbocycles. The second-order valence-corrected chi connectivity index (χ2v) is 5.62. The Morgan fingerprint density at radius 1 is 1.40 bits per heavy atom. The molecule has 0 saturated heterocycles. The second-order valence-electron chi connectivity index (χ2n) is 4.59. The van der Waals surface area contributed by atoms with Gasteiger partial charge >= 0.3 is 0 Å². The molecular formula is C15H18FNO2S. The molecule has 2 aromatic rings. The van der Waals surface area contributed by atoms with Crippen molar-refractivity contribution in [1.29, 1.82) is 0 Å². The molecule has 2 N–H and O–H groups in total. The van der Waals surface area contributed by atoms with Crippen LogP contribution >= 0.6 is 11.3 Å². The third-order valence-electron chi connectivity index (χ3n) is 2.86. The van der Waals surface area contributed by atoms with Gasteiger partial charge < -0.3 is 15.2 Å². The van der Waals surface area contributed by atoms with Gasteiger partial charge in [-0.15, -0.1) is 11.3 Å². The van der Waals surface area contributed by atoms with Crippen molar-refractivity contribution in [3.05, 3.63) is 52.0 Å². The van der Waals surface area contributed by atoms with E-state index in [0.29, 0.717) is 18.8 Å². The Morgan fingerprint density at radius 3 is 3.00 bits per heavy atom. The molecule has 0 aliphatic heterocycles. The Morgan fingerprint density at radius 2 is 2.25 bits per heavy atom. The fourth-order valence-electron chi connectivity index (χ4n) is 1.76. The monoisotopic (exact) mass is 295 g/mol. The summed E-state index contributed by atoms with van der Waals surface area (Å²) in [7, 11) is 0. The van der Waals surface area contributed by atoms with Gasteiger partial charge in [0, 0.05) is 17.1 Å². The standard InChI is InChI=1S/C15H18FNO2S/c1-11-4-5-12(16)7-15(11)17-8-13(18)9-19-10-14-3-2-6-20-14/h2-7,13,17-18H,8-10H2,1H3. The first-order valence-electron chi connectivity index (χ1n) is 6.43. The molecule has 1 aromatic carbocycles. The van der Waals surface area contributed by atoms with Gasteiger partial charge in [0.05, 0.1) is 19.3 Å². The number of nitrogens with one attached hydrogen (secondary N) is 1. The van der Waals surface area contributed by atoms with Crippen LogP contribution in [0.4, 0.5) is 10.1 Å². The first kappa shape index (κ1) is 15.0. The Bertz CT molecular complexity index is 531. The number of hydrogen-bond acceptors (Lipinski definition) is 4. The van der Waals surface area contributed by atoms with E-state index in [1.807, 2.05) is 24.4 Å². The fourth-order valence-corrected chi connectivity index (χ4v) is 2.40. The molecule has 1 aromatic heterocycles. The number of anilines is 1. The quantitative estimate of drug-likeness (QED) is 0.824. The third-order valence-corrected chi connectivity index (χ3v) is 3.71. The van der Waals surface area contributed by atoms with Crippen LogP contribution in [0.25, 0.3) is 0 Å². The minimum absolute atomic E-state index is 0.249. The molecule has 3 nitrogen and oxygen atoms in total. The minimum atomic E-state index is -0.627. The van der Waals surface area contributed by atoms with Crippen LogP contribution in [0, 0.1) is 12.7 Å². The maximum atomic E-state index is 13.1. The smallest absolute Gasteiger partial charge is 0.125 e. The highest BCUT2D eigenvalue weighted by Gasteiger charge is 2.06. The Kier molecular flexibility index (Phi) is 5.52. The number of aryl methyl sites for hydroxylation is 1. The van der Waals surface area contributed by atoms with Gasteiger partial charge in [-0.2, -0.15) is 0 Å². The number of rotatable bonds is 7. The van der Waals surface area contributed by atoms with E-state index in [1.165, 1.54) is 12.1 Å². The van der Waals surface area contributed by atoms with Gasteiger partial charge in [-0.1, -0.05) is 12.1 Å². The van der Waals surface area contributed by atoms with Crippen LogP contribution in [0.5, 0.6) is 0 Å². The zero-order valence-corrected chi connectivity index (χ0v) is 12.1. The van der Waals surface area contributed by atoms with Crippen LogP contribution in [0.2, 0.25) is 0 Å². The van der Waals surface area contributed by atoms with Crippen molar-refractivity contribution < 1.29 is 14.2 Å². The average molecular weight is 295 g/mol. The minimum Gasteiger partial charge on any atom is -0.389 e. The lowest BCUT2D eigenvalue weighted by atomic mass is 10.2. The van der Waals surface area contributed by atoms with Gasteiger partial charge in [0.25, 0.3) is 0 Å². The summed E-state index contributed by atoms with van der Waals surface area (Å²) in [4.78, 5) is 1.13. The van der Waals surface area contributed by atoms with E-state index in [9.17, 15) is 9.50 Å². The van der Waals surface area contributed by atoms with Crippen molar-refractivity contribution in [2.75, 3.05) is 18.5 Å². The molecule has 1 atom stereocenters. The molecule has 0 amide bonds. The van der Waals surface area contributed by atoms with Gasteiger partial charge in [-0.05, 0) is 36.1 Å². The SMILES string of the molecule is Cc1ccc(F)cc1NCC(O)COCc1cccs1. The van der Waals surface area contributed by atoms with E-state index in [4.69, 9.17) is 4.74 Å². The van der Waals surface area contributed by atoms with E-state index in [-0.39, 0.29) is 12.4 Å². The molecule has 1 unspecified atom stereocenters. The molecule has 2 rings (SSSR count). The van der Waals surface area contributed by atoms with E-state index >= 15 is 0 Å². The van der Waals surface area contributed by atoms with Gasteiger partial charge in [0.2, 0.25) is 0 Å². The summed E-state index contributed by atoms with van der Waals surface area (Å²) in [6.07, 6.45) is -0.627. The highest BCUT2D eigenvalue weighted by atomic mass is 32.1. The fraction of sp³-hybridized carbons (Fsp3) is 0.333. The first-order valence-corrected chi connectivity index (χ1v) is 7.31. The molecule has 108 valence electrons.